The monoisotopic (exact) mass is 445 g/mol. The summed E-state index contributed by atoms with van der Waals surface area (Å²) in [5.41, 5.74) is 1.07. The van der Waals surface area contributed by atoms with Gasteiger partial charge in [0.1, 0.15) is 29.2 Å². The molecule has 2 aliphatic heterocycles. The van der Waals surface area contributed by atoms with Crippen LogP contribution in [0.2, 0.25) is 0 Å². The Kier molecular flexibility index (Phi) is 5.21. The summed E-state index contributed by atoms with van der Waals surface area (Å²) in [4.78, 5) is 5.25. The molecule has 0 unspecified atom stereocenters. The molecule has 2 N–H and O–H groups in total. The number of nitrogens with one attached hydrogen (secondary N) is 2. The normalized spacial score (nSPS) is 22.1. The van der Waals surface area contributed by atoms with Crippen LogP contribution < -0.4 is 10.1 Å². The topological polar surface area (TPSA) is 40.3 Å². The Morgan fingerprint density at radius 3 is 2.47 bits per heavy atom. The molecule has 0 radical (unpaired) electrons. The zero-order chi connectivity index (χ0) is 22.6. The minimum Gasteiger partial charge on any atom is -0.488 e. The van der Waals surface area contributed by atoms with E-state index in [2.05, 4.69) is 10.3 Å². The van der Waals surface area contributed by atoms with Gasteiger partial charge in [0.2, 0.25) is 0 Å². The minimum absolute atomic E-state index is 0. The summed E-state index contributed by atoms with van der Waals surface area (Å²) in [5.74, 6) is -1.19. The molecule has 0 bridgehead atoms. The maximum Gasteiger partial charge on any atom is 0.135 e. The molecule has 0 amide bonds. The van der Waals surface area contributed by atoms with Crippen molar-refractivity contribution in [2.45, 2.75) is 51.0 Å². The molecule has 2 aromatic carbocycles. The number of rotatable bonds is 5. The molecule has 0 aliphatic carbocycles. The highest BCUT2D eigenvalue weighted by molar-refractivity contribution is 5.85. The molecule has 0 saturated carbocycles. The first-order valence-electron chi connectivity index (χ1n) is 11.1. The first-order valence-corrected chi connectivity index (χ1v) is 11.1. The van der Waals surface area contributed by atoms with Gasteiger partial charge in [0, 0.05) is 61.4 Å². The number of benzene rings is 2. The van der Waals surface area contributed by atoms with E-state index < -0.39 is 23.3 Å². The Bertz CT molecular complexity index is 1130. The van der Waals surface area contributed by atoms with E-state index in [9.17, 15) is 4.39 Å². The summed E-state index contributed by atoms with van der Waals surface area (Å²) in [7, 11) is 0. The molecule has 172 valence electrons. The Morgan fingerprint density at radius 1 is 1.16 bits per heavy atom. The Labute approximate surface area is 187 Å². The maximum absolute atomic E-state index is 15.5. The lowest BCUT2D eigenvalue weighted by molar-refractivity contribution is 0.0641. The van der Waals surface area contributed by atoms with Gasteiger partial charge in [-0.1, -0.05) is 18.2 Å². The Morgan fingerprint density at radius 2 is 1.84 bits per heavy atom. The van der Waals surface area contributed by atoms with Crippen molar-refractivity contribution < 1.29 is 19.3 Å². The molecule has 3 aromatic rings. The third kappa shape index (κ3) is 3.77. The summed E-state index contributed by atoms with van der Waals surface area (Å²) >= 11 is 0. The third-order valence-corrected chi connectivity index (χ3v) is 6.45. The lowest BCUT2D eigenvalue weighted by Crippen LogP contribution is -2.50. The van der Waals surface area contributed by atoms with E-state index in [-0.39, 0.29) is 31.4 Å². The second kappa shape index (κ2) is 7.81. The molecule has 5 rings (SSSR count). The van der Waals surface area contributed by atoms with Crippen molar-refractivity contribution in [2.75, 3.05) is 19.6 Å². The third-order valence-electron chi connectivity index (χ3n) is 6.45. The summed E-state index contributed by atoms with van der Waals surface area (Å²) in [6.45, 7) is 6.34. The van der Waals surface area contributed by atoms with Crippen molar-refractivity contribution in [2.24, 2.45) is 0 Å². The van der Waals surface area contributed by atoms with E-state index in [1.165, 1.54) is 26.0 Å². The number of halogens is 3. The molecule has 0 spiro atoms. The molecular weight excluding hydrogens is 415 g/mol. The molecule has 2 aliphatic rings. The van der Waals surface area contributed by atoms with Crippen LogP contribution in [0.3, 0.4) is 0 Å². The van der Waals surface area contributed by atoms with E-state index in [4.69, 9.17) is 4.74 Å². The number of hydrogen-bond donors (Lipinski definition) is 2. The van der Waals surface area contributed by atoms with E-state index >= 15 is 8.78 Å². The van der Waals surface area contributed by atoms with Gasteiger partial charge in [-0.25, -0.2) is 13.2 Å². The Balaban J connectivity index is 0.00000259. The first-order chi connectivity index (χ1) is 15.2. The van der Waals surface area contributed by atoms with Crippen LogP contribution in [0.1, 0.15) is 45.1 Å². The van der Waals surface area contributed by atoms with E-state index in [0.717, 1.165) is 22.2 Å². The highest BCUT2D eigenvalue weighted by Gasteiger charge is 2.41. The van der Waals surface area contributed by atoms with E-state index in [0.29, 0.717) is 19.5 Å². The van der Waals surface area contributed by atoms with Crippen molar-refractivity contribution in [3.63, 3.8) is 0 Å². The highest BCUT2D eigenvalue weighted by Crippen LogP contribution is 2.43. The van der Waals surface area contributed by atoms with Gasteiger partial charge in [0.25, 0.3) is 0 Å². The molecule has 1 aromatic heterocycles. The molecule has 4 nitrogen and oxygen atoms in total. The number of para-hydroxylation sites is 1. The fraction of sp³-hybridized carbons (Fsp3) is 0.440. The van der Waals surface area contributed by atoms with Crippen molar-refractivity contribution in [3.8, 4) is 5.75 Å². The first kappa shape index (κ1) is 21.3. The zero-order valence-electron chi connectivity index (χ0n) is 18.5. The predicted molar refractivity (Wildman–Crippen MR) is 121 cm³/mol. The van der Waals surface area contributed by atoms with Gasteiger partial charge < -0.3 is 15.0 Å². The summed E-state index contributed by atoms with van der Waals surface area (Å²) in [6, 6.07) is 9.47. The van der Waals surface area contributed by atoms with Gasteiger partial charge in [-0.05, 0) is 38.8 Å². The smallest absolute Gasteiger partial charge is 0.135 e. The molecular formula is C25H30F3N3O. The van der Waals surface area contributed by atoms with Gasteiger partial charge in [-0.3, -0.25) is 4.90 Å². The van der Waals surface area contributed by atoms with Crippen LogP contribution in [-0.4, -0.2) is 47.3 Å². The Hall–Kier alpha value is -2.51. The van der Waals surface area contributed by atoms with Crippen molar-refractivity contribution >= 4 is 10.9 Å². The van der Waals surface area contributed by atoms with Gasteiger partial charge in [-0.15, -0.1) is 0 Å². The second-order valence-electron chi connectivity index (χ2n) is 9.61. The average Bonchev–Trinajstić information content (AvgIpc) is 3.04. The van der Waals surface area contributed by atoms with Crippen LogP contribution >= 0.6 is 0 Å². The van der Waals surface area contributed by atoms with Gasteiger partial charge in [-0.2, -0.15) is 0 Å². The molecule has 1 fully saturated rings. The molecule has 3 heterocycles. The highest BCUT2D eigenvalue weighted by atomic mass is 19.1. The van der Waals surface area contributed by atoms with E-state index in [1.807, 2.05) is 36.1 Å². The van der Waals surface area contributed by atoms with Crippen LogP contribution in [0.15, 0.2) is 36.4 Å². The summed E-state index contributed by atoms with van der Waals surface area (Å²) in [6.07, 6.45) is 0.587. The number of fused-ring (bicyclic) bond motifs is 3. The number of aromatic nitrogens is 1. The number of H-pyrrole nitrogens is 1. The fourth-order valence-corrected chi connectivity index (χ4v) is 4.93. The van der Waals surface area contributed by atoms with Crippen LogP contribution in [-0.2, 0) is 6.42 Å². The fourth-order valence-electron chi connectivity index (χ4n) is 4.93. The number of hydrogen-bond acceptors (Lipinski definition) is 3. The molecule has 32 heavy (non-hydrogen) atoms. The van der Waals surface area contributed by atoms with Crippen molar-refractivity contribution in [1.82, 2.24) is 15.2 Å². The zero-order valence-corrected chi connectivity index (χ0v) is 18.5. The number of ether oxygens (including phenoxy) is 1. The van der Waals surface area contributed by atoms with Crippen molar-refractivity contribution in [3.05, 3.63) is 64.9 Å². The largest absolute Gasteiger partial charge is 0.488 e. The standard InChI is InChI=1S/C25H28F3N3O.H2/c1-14-8-18-17-6-4-5-7-21(17)30-23(18)24(31(14)13-25(2,3)28)22-19(26)9-15(10-20(22)27)32-16-11-29-12-16;/h4-7,9-10,14,16,24,29-30H,8,11-13H2,1-3H3;1H/t14-,24-;/m1./s1. The lowest BCUT2D eigenvalue weighted by atomic mass is 9.87. The number of alkyl halides is 1. The number of nitrogens with zero attached hydrogens (tertiary/aromatic N) is 1. The summed E-state index contributed by atoms with van der Waals surface area (Å²) < 4.78 is 51.4. The second-order valence-corrected chi connectivity index (χ2v) is 9.61. The van der Waals surface area contributed by atoms with Gasteiger partial charge in [0.05, 0.1) is 6.04 Å². The predicted octanol–water partition coefficient (Wildman–Crippen LogP) is 5.13. The SMILES string of the molecule is C[C@@H]1Cc2c([nH]c3ccccc23)[C@@H](c2c(F)cc(OC3CNC3)cc2F)N1CC(C)(C)F.[HH]. The van der Waals surface area contributed by atoms with E-state index in [1.54, 1.807) is 0 Å². The summed E-state index contributed by atoms with van der Waals surface area (Å²) in [5, 5.41) is 4.11. The quantitative estimate of drug-likeness (QED) is 0.572. The molecule has 7 heteroatoms. The lowest BCUT2D eigenvalue weighted by Gasteiger charge is -2.43. The van der Waals surface area contributed by atoms with Crippen LogP contribution in [0.4, 0.5) is 13.2 Å². The average molecular weight is 446 g/mol. The van der Waals surface area contributed by atoms with Crippen LogP contribution in [0.5, 0.6) is 5.75 Å². The van der Waals surface area contributed by atoms with Gasteiger partial charge >= 0.3 is 0 Å². The van der Waals surface area contributed by atoms with Crippen LogP contribution in [0.25, 0.3) is 10.9 Å². The van der Waals surface area contributed by atoms with Gasteiger partial charge in [0.15, 0.2) is 0 Å². The minimum atomic E-state index is -1.52. The maximum atomic E-state index is 15.5. The molecule has 1 saturated heterocycles. The molecule has 2 atom stereocenters. The van der Waals surface area contributed by atoms with Crippen LogP contribution in [0, 0.1) is 11.6 Å². The number of aromatic amines is 1. The van der Waals surface area contributed by atoms with Crippen molar-refractivity contribution in [1.29, 1.82) is 0 Å².